The molecule has 0 bridgehead atoms. The molecule has 0 fully saturated rings. The van der Waals surface area contributed by atoms with Gasteiger partial charge in [0.2, 0.25) is 0 Å². The zero-order chi connectivity index (χ0) is 22.9. The summed E-state index contributed by atoms with van der Waals surface area (Å²) in [5.74, 6) is 1.47. The van der Waals surface area contributed by atoms with Crippen molar-refractivity contribution in [3.63, 3.8) is 0 Å². The fraction of sp³-hybridized carbons (Fsp3) is 0.154. The first kappa shape index (κ1) is 21.0. The van der Waals surface area contributed by atoms with Crippen LogP contribution < -0.4 is 20.2 Å². The maximum absolute atomic E-state index is 13.6. The number of rotatable bonds is 6. The molecule has 5 aromatic rings. The minimum absolute atomic E-state index is 0.00795. The minimum Gasteiger partial charge on any atom is -0.497 e. The Bertz CT molecular complexity index is 1520. The first-order chi connectivity index (χ1) is 16.1. The molecule has 0 aliphatic rings. The number of hydrogen-bond acceptors (Lipinski definition) is 6. The Hall–Kier alpha value is -3.84. The standard InChI is InChI=1S/C26H23N3O3S/c1-29-21-6-4-5-20(28-15-17-7-9-18(31-2)14-23(17)32-3)24(21)25(30)19-10-8-16(13-22(19)29)26-27-11-12-33-26/h4-14,28H,15H2,1-3H3. The van der Waals surface area contributed by atoms with E-state index in [2.05, 4.69) is 14.9 Å². The van der Waals surface area contributed by atoms with Crippen molar-refractivity contribution in [2.45, 2.75) is 6.54 Å². The summed E-state index contributed by atoms with van der Waals surface area (Å²) in [6, 6.07) is 17.5. The number of nitrogens with zero attached hydrogens (tertiary/aromatic N) is 2. The number of pyridine rings is 1. The lowest BCUT2D eigenvalue weighted by Gasteiger charge is -2.16. The first-order valence-corrected chi connectivity index (χ1v) is 11.4. The van der Waals surface area contributed by atoms with E-state index in [-0.39, 0.29) is 5.43 Å². The molecule has 166 valence electrons. The van der Waals surface area contributed by atoms with Gasteiger partial charge in [0, 0.05) is 53.4 Å². The van der Waals surface area contributed by atoms with Gasteiger partial charge in [-0.15, -0.1) is 11.3 Å². The van der Waals surface area contributed by atoms with Crippen molar-refractivity contribution in [1.82, 2.24) is 9.55 Å². The molecular formula is C26H23N3O3S. The summed E-state index contributed by atoms with van der Waals surface area (Å²) in [5, 5.41) is 7.68. The topological polar surface area (TPSA) is 65.4 Å². The molecule has 1 N–H and O–H groups in total. The molecule has 0 amide bonds. The fourth-order valence-corrected chi connectivity index (χ4v) is 4.79. The zero-order valence-electron chi connectivity index (χ0n) is 18.6. The average molecular weight is 458 g/mol. The van der Waals surface area contributed by atoms with Gasteiger partial charge >= 0.3 is 0 Å². The molecule has 33 heavy (non-hydrogen) atoms. The van der Waals surface area contributed by atoms with Gasteiger partial charge in [0.1, 0.15) is 16.5 Å². The summed E-state index contributed by atoms with van der Waals surface area (Å²) in [6.45, 7) is 0.510. The molecule has 0 unspecified atom stereocenters. The smallest absolute Gasteiger partial charge is 0.199 e. The second-order valence-electron chi connectivity index (χ2n) is 7.69. The summed E-state index contributed by atoms with van der Waals surface area (Å²) < 4.78 is 12.9. The van der Waals surface area contributed by atoms with Gasteiger partial charge in [-0.2, -0.15) is 0 Å². The lowest BCUT2D eigenvalue weighted by molar-refractivity contribution is 0.391. The summed E-state index contributed by atoms with van der Waals surface area (Å²) in [5.41, 5.74) is 4.53. The van der Waals surface area contributed by atoms with Crippen molar-refractivity contribution in [1.29, 1.82) is 0 Å². The van der Waals surface area contributed by atoms with Gasteiger partial charge in [-0.3, -0.25) is 4.79 Å². The normalized spacial score (nSPS) is 11.1. The summed E-state index contributed by atoms with van der Waals surface area (Å²) >= 11 is 1.58. The van der Waals surface area contributed by atoms with Gasteiger partial charge in [-0.25, -0.2) is 4.98 Å². The SMILES string of the molecule is COc1ccc(CNc2cccc3c2c(=O)c2ccc(-c4nccs4)cc2n3C)c(OC)c1. The molecule has 0 radical (unpaired) electrons. The lowest BCUT2D eigenvalue weighted by Crippen LogP contribution is -2.12. The number of nitrogens with one attached hydrogen (secondary N) is 1. The van der Waals surface area contributed by atoms with Gasteiger partial charge in [-0.1, -0.05) is 12.1 Å². The third-order valence-corrected chi connectivity index (χ3v) is 6.70. The summed E-state index contributed by atoms with van der Waals surface area (Å²) in [4.78, 5) is 18.0. The Balaban J connectivity index is 1.59. The van der Waals surface area contributed by atoms with Crippen LogP contribution in [0.2, 0.25) is 0 Å². The fourth-order valence-electron chi connectivity index (χ4n) is 4.16. The molecule has 2 aromatic heterocycles. The zero-order valence-corrected chi connectivity index (χ0v) is 19.4. The predicted octanol–water partition coefficient (Wildman–Crippen LogP) is 5.44. The largest absolute Gasteiger partial charge is 0.497 e. The van der Waals surface area contributed by atoms with Crippen molar-refractivity contribution >= 4 is 38.8 Å². The molecule has 0 atom stereocenters. The van der Waals surface area contributed by atoms with E-state index in [0.29, 0.717) is 17.3 Å². The van der Waals surface area contributed by atoms with Crippen LogP contribution >= 0.6 is 11.3 Å². The highest BCUT2D eigenvalue weighted by atomic mass is 32.1. The van der Waals surface area contributed by atoms with Crippen LogP contribution in [-0.2, 0) is 13.6 Å². The van der Waals surface area contributed by atoms with Crippen LogP contribution in [0.3, 0.4) is 0 Å². The molecule has 0 saturated carbocycles. The van der Waals surface area contributed by atoms with E-state index in [1.54, 1.807) is 31.8 Å². The quantitative estimate of drug-likeness (QED) is 0.344. The Morgan fingerprint density at radius 1 is 1.03 bits per heavy atom. The number of fused-ring (bicyclic) bond motifs is 2. The first-order valence-electron chi connectivity index (χ1n) is 10.5. The minimum atomic E-state index is 0.00795. The molecule has 0 spiro atoms. The van der Waals surface area contributed by atoms with Gasteiger partial charge in [0.05, 0.1) is 30.6 Å². The summed E-state index contributed by atoms with van der Waals surface area (Å²) in [6.07, 6.45) is 1.79. The van der Waals surface area contributed by atoms with Crippen LogP contribution in [0, 0.1) is 0 Å². The highest BCUT2D eigenvalue weighted by Crippen LogP contribution is 2.30. The molecule has 0 saturated heterocycles. The number of thiazole rings is 1. The number of hydrogen-bond donors (Lipinski definition) is 1. The van der Waals surface area contributed by atoms with Crippen molar-refractivity contribution in [3.8, 4) is 22.1 Å². The van der Waals surface area contributed by atoms with Crippen LogP contribution in [-0.4, -0.2) is 23.8 Å². The maximum Gasteiger partial charge on any atom is 0.199 e. The van der Waals surface area contributed by atoms with Crippen LogP contribution in [0.4, 0.5) is 5.69 Å². The number of anilines is 1. The van der Waals surface area contributed by atoms with Gasteiger partial charge < -0.3 is 19.4 Å². The number of aromatic nitrogens is 2. The van der Waals surface area contributed by atoms with Crippen LogP contribution in [0.1, 0.15) is 5.56 Å². The van der Waals surface area contributed by atoms with Crippen LogP contribution in [0.15, 0.2) is 71.0 Å². The monoisotopic (exact) mass is 457 g/mol. The molecular weight excluding hydrogens is 434 g/mol. The molecule has 2 heterocycles. The molecule has 3 aromatic carbocycles. The molecule has 6 nitrogen and oxygen atoms in total. The van der Waals surface area contributed by atoms with E-state index in [9.17, 15) is 4.79 Å². The van der Waals surface area contributed by atoms with E-state index < -0.39 is 0 Å². The third-order valence-electron chi connectivity index (χ3n) is 5.88. The Kier molecular flexibility index (Phi) is 5.48. The van der Waals surface area contributed by atoms with E-state index in [1.807, 2.05) is 67.0 Å². The van der Waals surface area contributed by atoms with E-state index in [0.717, 1.165) is 44.4 Å². The molecule has 5 rings (SSSR count). The third kappa shape index (κ3) is 3.70. The predicted molar refractivity (Wildman–Crippen MR) is 135 cm³/mol. The second-order valence-corrected chi connectivity index (χ2v) is 8.58. The summed E-state index contributed by atoms with van der Waals surface area (Å²) in [7, 11) is 5.26. The van der Waals surface area contributed by atoms with Crippen LogP contribution in [0.5, 0.6) is 11.5 Å². The Morgan fingerprint density at radius 3 is 2.67 bits per heavy atom. The number of ether oxygens (including phenoxy) is 2. The lowest BCUT2D eigenvalue weighted by atomic mass is 10.1. The number of methoxy groups -OCH3 is 2. The molecule has 7 heteroatoms. The van der Waals surface area contributed by atoms with Crippen molar-refractivity contribution in [3.05, 3.63) is 82.0 Å². The Morgan fingerprint density at radius 2 is 1.91 bits per heavy atom. The highest BCUT2D eigenvalue weighted by Gasteiger charge is 2.14. The highest BCUT2D eigenvalue weighted by molar-refractivity contribution is 7.13. The van der Waals surface area contributed by atoms with Gasteiger partial charge in [0.15, 0.2) is 5.43 Å². The van der Waals surface area contributed by atoms with Crippen molar-refractivity contribution < 1.29 is 9.47 Å². The van der Waals surface area contributed by atoms with Crippen molar-refractivity contribution in [2.75, 3.05) is 19.5 Å². The van der Waals surface area contributed by atoms with Crippen molar-refractivity contribution in [2.24, 2.45) is 7.05 Å². The van der Waals surface area contributed by atoms with Gasteiger partial charge in [-0.05, 0) is 36.4 Å². The van der Waals surface area contributed by atoms with E-state index in [4.69, 9.17) is 9.47 Å². The van der Waals surface area contributed by atoms with E-state index in [1.165, 1.54) is 0 Å². The molecule has 0 aliphatic heterocycles. The number of aryl methyl sites for hydroxylation is 1. The van der Waals surface area contributed by atoms with Gasteiger partial charge in [0.25, 0.3) is 0 Å². The van der Waals surface area contributed by atoms with Crippen LogP contribution in [0.25, 0.3) is 32.4 Å². The second kappa shape index (κ2) is 8.60. The van der Waals surface area contributed by atoms with E-state index >= 15 is 0 Å². The average Bonchev–Trinajstić information content (AvgIpc) is 3.40. The number of benzene rings is 3. The maximum atomic E-state index is 13.6. The Labute approximate surface area is 195 Å². The molecule has 0 aliphatic carbocycles.